The van der Waals surface area contributed by atoms with Gasteiger partial charge in [0.2, 0.25) is 0 Å². The molecule has 0 aromatic heterocycles. The Morgan fingerprint density at radius 2 is 1.81 bits per heavy atom. The first kappa shape index (κ1) is 18.2. The van der Waals surface area contributed by atoms with E-state index in [4.69, 9.17) is 4.74 Å². The zero-order valence-electron chi connectivity index (χ0n) is 14.4. The van der Waals surface area contributed by atoms with Crippen molar-refractivity contribution in [3.63, 3.8) is 0 Å². The molecule has 8 heteroatoms. The number of benzene rings is 2. The predicted molar refractivity (Wildman–Crippen MR) is 99.0 cm³/mol. The topological polar surface area (TPSA) is 96.5 Å². The van der Waals surface area contributed by atoms with Gasteiger partial charge < -0.3 is 15.4 Å². The van der Waals surface area contributed by atoms with Crippen molar-refractivity contribution in [1.29, 1.82) is 0 Å². The molecule has 1 atom stereocenters. The van der Waals surface area contributed by atoms with Crippen molar-refractivity contribution in [1.82, 2.24) is 10.6 Å². The Balaban J connectivity index is 1.68. The SMILES string of the molecule is COc1ccc(NS(=O)(=O)c2ccc(C(=O)NC3CCNC3)cc2)cc1. The van der Waals surface area contributed by atoms with E-state index in [0.29, 0.717) is 17.0 Å². The third kappa shape index (κ3) is 4.33. The minimum Gasteiger partial charge on any atom is -0.497 e. The van der Waals surface area contributed by atoms with Crippen molar-refractivity contribution in [3.8, 4) is 5.75 Å². The number of ether oxygens (including phenoxy) is 1. The van der Waals surface area contributed by atoms with Crippen molar-refractivity contribution in [2.75, 3.05) is 24.9 Å². The van der Waals surface area contributed by atoms with Crippen LogP contribution >= 0.6 is 0 Å². The van der Waals surface area contributed by atoms with Crippen LogP contribution < -0.4 is 20.1 Å². The summed E-state index contributed by atoms with van der Waals surface area (Å²) in [6.07, 6.45) is 0.893. The molecule has 0 aliphatic carbocycles. The fraction of sp³-hybridized carbons (Fsp3) is 0.278. The maximum atomic E-state index is 12.5. The van der Waals surface area contributed by atoms with Gasteiger partial charge >= 0.3 is 0 Å². The summed E-state index contributed by atoms with van der Waals surface area (Å²) in [5.41, 5.74) is 0.863. The Kier molecular flexibility index (Phi) is 5.43. The molecule has 1 aliphatic heterocycles. The highest BCUT2D eigenvalue weighted by molar-refractivity contribution is 7.92. The number of hydrogen-bond donors (Lipinski definition) is 3. The second-order valence-corrected chi connectivity index (χ2v) is 7.70. The van der Waals surface area contributed by atoms with Crippen molar-refractivity contribution in [2.45, 2.75) is 17.4 Å². The van der Waals surface area contributed by atoms with Crippen molar-refractivity contribution in [3.05, 3.63) is 54.1 Å². The summed E-state index contributed by atoms with van der Waals surface area (Å²) in [6, 6.07) is 12.6. The molecule has 0 spiro atoms. The first-order valence-electron chi connectivity index (χ1n) is 8.26. The van der Waals surface area contributed by atoms with Crippen LogP contribution in [0.15, 0.2) is 53.4 Å². The fourth-order valence-corrected chi connectivity index (χ4v) is 3.76. The Bertz CT molecular complexity index is 858. The van der Waals surface area contributed by atoms with Crippen molar-refractivity contribution in [2.24, 2.45) is 0 Å². The Morgan fingerprint density at radius 1 is 1.12 bits per heavy atom. The van der Waals surface area contributed by atoms with Crippen LogP contribution in [0.25, 0.3) is 0 Å². The summed E-state index contributed by atoms with van der Waals surface area (Å²) in [5, 5.41) is 6.10. The number of methoxy groups -OCH3 is 1. The van der Waals surface area contributed by atoms with E-state index in [-0.39, 0.29) is 16.8 Å². The van der Waals surface area contributed by atoms with Crippen molar-refractivity contribution >= 4 is 21.6 Å². The highest BCUT2D eigenvalue weighted by Gasteiger charge is 2.19. The summed E-state index contributed by atoms with van der Waals surface area (Å²) in [4.78, 5) is 12.3. The summed E-state index contributed by atoms with van der Waals surface area (Å²) in [7, 11) is -2.19. The van der Waals surface area contributed by atoms with E-state index in [1.807, 2.05) is 0 Å². The molecular weight excluding hydrogens is 354 g/mol. The normalized spacial score (nSPS) is 16.9. The maximum absolute atomic E-state index is 12.5. The number of nitrogens with one attached hydrogen (secondary N) is 3. The van der Waals surface area contributed by atoms with Crippen LogP contribution in [0.1, 0.15) is 16.8 Å². The molecule has 2 aromatic carbocycles. The highest BCUT2D eigenvalue weighted by Crippen LogP contribution is 2.19. The number of anilines is 1. The van der Waals surface area contributed by atoms with Gasteiger partial charge in [0.15, 0.2) is 0 Å². The highest BCUT2D eigenvalue weighted by atomic mass is 32.2. The average molecular weight is 375 g/mol. The summed E-state index contributed by atoms with van der Waals surface area (Å²) in [5.74, 6) is 0.437. The molecule has 1 aliphatic rings. The fourth-order valence-electron chi connectivity index (χ4n) is 2.71. The van der Waals surface area contributed by atoms with E-state index in [2.05, 4.69) is 15.4 Å². The van der Waals surface area contributed by atoms with Gasteiger partial charge in [-0.3, -0.25) is 9.52 Å². The first-order valence-corrected chi connectivity index (χ1v) is 9.75. The summed E-state index contributed by atoms with van der Waals surface area (Å²) >= 11 is 0. The number of carbonyl (C=O) groups is 1. The molecule has 2 aromatic rings. The Labute approximate surface area is 152 Å². The number of hydrogen-bond acceptors (Lipinski definition) is 5. The number of rotatable bonds is 6. The van der Waals surface area contributed by atoms with Crippen LogP contribution in [-0.4, -0.2) is 40.6 Å². The van der Waals surface area contributed by atoms with Gasteiger partial charge in [-0.05, 0) is 61.5 Å². The van der Waals surface area contributed by atoms with Crippen LogP contribution in [0.2, 0.25) is 0 Å². The lowest BCUT2D eigenvalue weighted by Gasteiger charge is -2.12. The molecule has 138 valence electrons. The van der Waals surface area contributed by atoms with E-state index in [1.54, 1.807) is 31.4 Å². The molecule has 0 bridgehead atoms. The van der Waals surface area contributed by atoms with Crippen LogP contribution in [0, 0.1) is 0 Å². The smallest absolute Gasteiger partial charge is 0.261 e. The quantitative estimate of drug-likeness (QED) is 0.712. The molecule has 1 amide bonds. The van der Waals surface area contributed by atoms with E-state index in [0.717, 1.165) is 19.5 Å². The van der Waals surface area contributed by atoms with Gasteiger partial charge in [-0.15, -0.1) is 0 Å². The lowest BCUT2D eigenvalue weighted by molar-refractivity contribution is 0.0940. The molecule has 0 saturated carbocycles. The van der Waals surface area contributed by atoms with Gasteiger partial charge in [0.25, 0.3) is 15.9 Å². The van der Waals surface area contributed by atoms with Gasteiger partial charge in [0.05, 0.1) is 12.0 Å². The molecule has 1 fully saturated rings. The van der Waals surface area contributed by atoms with E-state index in [9.17, 15) is 13.2 Å². The lowest BCUT2D eigenvalue weighted by Crippen LogP contribution is -2.36. The number of amides is 1. The van der Waals surface area contributed by atoms with Crippen molar-refractivity contribution < 1.29 is 17.9 Å². The standard InChI is InChI=1S/C18H21N3O4S/c1-25-16-6-4-14(5-7-16)21-26(23,24)17-8-2-13(3-9-17)18(22)20-15-10-11-19-12-15/h2-9,15,19,21H,10-12H2,1H3,(H,20,22). The minimum absolute atomic E-state index is 0.0902. The molecule has 3 rings (SSSR count). The molecule has 1 saturated heterocycles. The second kappa shape index (κ2) is 7.76. The van der Waals surface area contributed by atoms with Gasteiger partial charge in [0, 0.05) is 23.8 Å². The number of carbonyl (C=O) groups excluding carboxylic acids is 1. The molecule has 1 heterocycles. The Hall–Kier alpha value is -2.58. The molecular formula is C18H21N3O4S. The molecule has 3 N–H and O–H groups in total. The average Bonchev–Trinajstić information content (AvgIpc) is 3.15. The van der Waals surface area contributed by atoms with Gasteiger partial charge in [-0.1, -0.05) is 0 Å². The van der Waals surface area contributed by atoms with Gasteiger partial charge in [-0.25, -0.2) is 8.42 Å². The Morgan fingerprint density at radius 3 is 2.38 bits per heavy atom. The number of sulfonamides is 1. The zero-order valence-corrected chi connectivity index (χ0v) is 15.2. The second-order valence-electron chi connectivity index (χ2n) is 6.02. The van der Waals surface area contributed by atoms with Gasteiger partial charge in [0.1, 0.15) is 5.75 Å². The molecule has 0 radical (unpaired) electrons. The third-order valence-corrected chi connectivity index (χ3v) is 5.56. The van der Waals surface area contributed by atoms with Crippen LogP contribution in [0.4, 0.5) is 5.69 Å². The zero-order chi connectivity index (χ0) is 18.6. The van der Waals surface area contributed by atoms with Crippen LogP contribution in [-0.2, 0) is 10.0 Å². The maximum Gasteiger partial charge on any atom is 0.261 e. The lowest BCUT2D eigenvalue weighted by atomic mass is 10.2. The minimum atomic E-state index is -3.73. The summed E-state index contributed by atoms with van der Waals surface area (Å²) in [6.45, 7) is 1.64. The predicted octanol–water partition coefficient (Wildman–Crippen LogP) is 1.59. The van der Waals surface area contributed by atoms with E-state index in [1.165, 1.54) is 24.3 Å². The molecule has 26 heavy (non-hydrogen) atoms. The third-order valence-electron chi connectivity index (χ3n) is 4.16. The molecule has 1 unspecified atom stereocenters. The molecule has 7 nitrogen and oxygen atoms in total. The summed E-state index contributed by atoms with van der Waals surface area (Å²) < 4.78 is 32.5. The monoisotopic (exact) mass is 375 g/mol. The first-order chi connectivity index (χ1) is 12.5. The van der Waals surface area contributed by atoms with Gasteiger partial charge in [-0.2, -0.15) is 0 Å². The van der Waals surface area contributed by atoms with Crippen LogP contribution in [0.3, 0.4) is 0 Å². The van der Waals surface area contributed by atoms with E-state index < -0.39 is 10.0 Å². The van der Waals surface area contributed by atoms with E-state index >= 15 is 0 Å². The van der Waals surface area contributed by atoms with Crippen LogP contribution in [0.5, 0.6) is 5.75 Å². The largest absolute Gasteiger partial charge is 0.497 e.